The number of carbonyl (C=O) groups excluding carboxylic acids is 1. The first-order chi connectivity index (χ1) is 12.6. The van der Waals surface area contributed by atoms with Crippen LogP contribution in [0.5, 0.6) is 5.75 Å². The molecule has 1 amide bonds. The van der Waals surface area contributed by atoms with Crippen LogP contribution in [0, 0.1) is 0 Å². The number of phenols is 1. The number of hydrogen-bond acceptors (Lipinski definition) is 5. The van der Waals surface area contributed by atoms with Gasteiger partial charge in [-0.2, -0.15) is 5.10 Å². The number of aromatic nitrogens is 2. The second kappa shape index (κ2) is 8.82. The minimum absolute atomic E-state index is 0.0984. The molecule has 1 fully saturated rings. The Hall–Kier alpha value is -2.38. The van der Waals surface area contributed by atoms with E-state index in [4.69, 9.17) is 4.74 Å². The molecule has 1 heterocycles. The van der Waals surface area contributed by atoms with Crippen molar-refractivity contribution >= 4 is 5.91 Å². The van der Waals surface area contributed by atoms with Crippen LogP contribution in [0.15, 0.2) is 30.3 Å². The lowest BCUT2D eigenvalue weighted by molar-refractivity contribution is -0.0225. The number of nitrogens with zero attached hydrogens (tertiary/aromatic N) is 1. The highest BCUT2D eigenvalue weighted by Gasteiger charge is 2.17. The van der Waals surface area contributed by atoms with Crippen LogP contribution in [0.3, 0.4) is 0 Å². The SMILES string of the molecule is O=C(NC[C@H](O)COC1CCCCC1)c1cc(-c2ccccc2O)n[nH]1. The van der Waals surface area contributed by atoms with E-state index in [9.17, 15) is 15.0 Å². The van der Waals surface area contributed by atoms with Gasteiger partial charge in [-0.3, -0.25) is 9.89 Å². The maximum atomic E-state index is 12.2. The topological polar surface area (TPSA) is 107 Å². The van der Waals surface area contributed by atoms with E-state index in [0.29, 0.717) is 11.3 Å². The summed E-state index contributed by atoms with van der Waals surface area (Å²) in [6.07, 6.45) is 5.17. The highest BCUT2D eigenvalue weighted by atomic mass is 16.5. The molecule has 140 valence electrons. The number of H-pyrrole nitrogens is 1. The molecule has 4 N–H and O–H groups in total. The highest BCUT2D eigenvalue weighted by molar-refractivity contribution is 5.93. The Bertz CT molecular complexity index is 725. The van der Waals surface area contributed by atoms with Gasteiger partial charge in [-0.25, -0.2) is 0 Å². The zero-order chi connectivity index (χ0) is 18.4. The molecule has 0 bridgehead atoms. The summed E-state index contributed by atoms with van der Waals surface area (Å²) in [4.78, 5) is 12.2. The van der Waals surface area contributed by atoms with Crippen LogP contribution >= 0.6 is 0 Å². The number of benzene rings is 1. The summed E-state index contributed by atoms with van der Waals surface area (Å²) in [6, 6.07) is 8.35. The molecule has 1 aliphatic rings. The molecule has 1 aromatic heterocycles. The van der Waals surface area contributed by atoms with E-state index in [1.54, 1.807) is 30.3 Å². The fourth-order valence-corrected chi connectivity index (χ4v) is 3.11. The molecule has 1 aromatic carbocycles. The minimum atomic E-state index is -0.749. The number of amides is 1. The van der Waals surface area contributed by atoms with E-state index in [1.165, 1.54) is 19.3 Å². The van der Waals surface area contributed by atoms with Gasteiger partial charge in [-0.05, 0) is 31.0 Å². The molecule has 7 nitrogen and oxygen atoms in total. The first-order valence-corrected chi connectivity index (χ1v) is 9.05. The fraction of sp³-hybridized carbons (Fsp3) is 0.474. The molecule has 7 heteroatoms. The van der Waals surface area contributed by atoms with Crippen molar-refractivity contribution in [3.8, 4) is 17.0 Å². The van der Waals surface area contributed by atoms with Gasteiger partial charge >= 0.3 is 0 Å². The minimum Gasteiger partial charge on any atom is -0.507 e. The zero-order valence-electron chi connectivity index (χ0n) is 14.6. The van der Waals surface area contributed by atoms with Crippen molar-refractivity contribution in [3.05, 3.63) is 36.0 Å². The van der Waals surface area contributed by atoms with E-state index < -0.39 is 6.10 Å². The molecule has 3 rings (SSSR count). The Morgan fingerprint density at radius 2 is 2.08 bits per heavy atom. The number of rotatable bonds is 7. The summed E-state index contributed by atoms with van der Waals surface area (Å²) in [7, 11) is 0. The van der Waals surface area contributed by atoms with Gasteiger partial charge in [-0.15, -0.1) is 0 Å². The molecular formula is C19H25N3O4. The number of aromatic hydroxyl groups is 1. The third-order valence-electron chi connectivity index (χ3n) is 4.58. The predicted molar refractivity (Wildman–Crippen MR) is 96.9 cm³/mol. The van der Waals surface area contributed by atoms with Gasteiger partial charge in [-0.1, -0.05) is 31.4 Å². The van der Waals surface area contributed by atoms with Gasteiger partial charge in [0.25, 0.3) is 5.91 Å². The maximum Gasteiger partial charge on any atom is 0.269 e. The summed E-state index contributed by atoms with van der Waals surface area (Å²) in [5, 5.41) is 29.2. The molecule has 26 heavy (non-hydrogen) atoms. The Kier molecular flexibility index (Phi) is 6.25. The number of nitrogens with one attached hydrogen (secondary N) is 2. The average molecular weight is 359 g/mol. The van der Waals surface area contributed by atoms with E-state index in [-0.39, 0.29) is 36.6 Å². The molecule has 0 spiro atoms. The number of aliphatic hydroxyl groups is 1. The number of aliphatic hydroxyl groups excluding tert-OH is 1. The van der Waals surface area contributed by atoms with Crippen molar-refractivity contribution in [2.24, 2.45) is 0 Å². The number of hydrogen-bond donors (Lipinski definition) is 4. The maximum absolute atomic E-state index is 12.2. The molecule has 1 aliphatic carbocycles. The molecule has 0 radical (unpaired) electrons. The van der Waals surface area contributed by atoms with Crippen molar-refractivity contribution < 1.29 is 19.7 Å². The third-order valence-corrected chi connectivity index (χ3v) is 4.58. The van der Waals surface area contributed by atoms with Gasteiger partial charge < -0.3 is 20.3 Å². The fourth-order valence-electron chi connectivity index (χ4n) is 3.11. The standard InChI is InChI=1S/C19H25N3O4/c23-13(12-26-14-6-2-1-3-7-14)11-20-19(25)17-10-16(21-22-17)15-8-4-5-9-18(15)24/h4-5,8-10,13-14,23-24H,1-3,6-7,11-12H2,(H,20,25)(H,21,22)/t13-/m0/s1. The Morgan fingerprint density at radius 3 is 2.85 bits per heavy atom. The summed E-state index contributed by atoms with van der Waals surface area (Å²) >= 11 is 0. The van der Waals surface area contributed by atoms with Crippen LogP contribution in [-0.4, -0.2) is 51.7 Å². The van der Waals surface area contributed by atoms with E-state index in [2.05, 4.69) is 15.5 Å². The smallest absolute Gasteiger partial charge is 0.269 e. The van der Waals surface area contributed by atoms with Crippen LogP contribution in [0.2, 0.25) is 0 Å². The average Bonchev–Trinajstić information content (AvgIpc) is 3.15. The predicted octanol–water partition coefficient (Wildman–Crippen LogP) is 2.22. The van der Waals surface area contributed by atoms with Crippen LogP contribution in [-0.2, 0) is 4.74 Å². The second-order valence-corrected chi connectivity index (χ2v) is 6.64. The summed E-state index contributed by atoms with van der Waals surface area (Å²) in [5.74, 6) is -0.267. The third kappa shape index (κ3) is 4.83. The van der Waals surface area contributed by atoms with Gasteiger partial charge in [0, 0.05) is 12.1 Å². The monoisotopic (exact) mass is 359 g/mol. The molecule has 0 saturated heterocycles. The van der Waals surface area contributed by atoms with E-state index >= 15 is 0 Å². The largest absolute Gasteiger partial charge is 0.507 e. The summed E-state index contributed by atoms with van der Waals surface area (Å²) < 4.78 is 5.71. The van der Waals surface area contributed by atoms with Crippen LogP contribution in [0.1, 0.15) is 42.6 Å². The first kappa shape index (κ1) is 18.4. The van der Waals surface area contributed by atoms with Crippen molar-refractivity contribution in [3.63, 3.8) is 0 Å². The van der Waals surface area contributed by atoms with E-state index in [1.807, 2.05) is 0 Å². The second-order valence-electron chi connectivity index (χ2n) is 6.64. The number of para-hydroxylation sites is 1. The van der Waals surface area contributed by atoms with Crippen LogP contribution in [0.4, 0.5) is 0 Å². The van der Waals surface area contributed by atoms with Crippen molar-refractivity contribution in [1.29, 1.82) is 0 Å². The zero-order valence-corrected chi connectivity index (χ0v) is 14.6. The Morgan fingerprint density at radius 1 is 1.31 bits per heavy atom. The highest BCUT2D eigenvalue weighted by Crippen LogP contribution is 2.27. The number of carbonyl (C=O) groups is 1. The van der Waals surface area contributed by atoms with Gasteiger partial charge in [0.1, 0.15) is 11.4 Å². The lowest BCUT2D eigenvalue weighted by Crippen LogP contribution is -2.36. The first-order valence-electron chi connectivity index (χ1n) is 9.05. The molecule has 1 atom stereocenters. The Labute approximate surface area is 152 Å². The summed E-state index contributed by atoms with van der Waals surface area (Å²) in [5.41, 5.74) is 1.29. The molecule has 0 aliphatic heterocycles. The van der Waals surface area contributed by atoms with Gasteiger partial charge in [0.05, 0.1) is 24.5 Å². The molecule has 2 aromatic rings. The summed E-state index contributed by atoms with van der Waals surface area (Å²) in [6.45, 7) is 0.327. The van der Waals surface area contributed by atoms with Crippen LogP contribution in [0.25, 0.3) is 11.3 Å². The van der Waals surface area contributed by atoms with E-state index in [0.717, 1.165) is 12.8 Å². The van der Waals surface area contributed by atoms with Crippen LogP contribution < -0.4 is 5.32 Å². The molecule has 0 unspecified atom stereocenters. The van der Waals surface area contributed by atoms with Gasteiger partial charge in [0.15, 0.2) is 0 Å². The lowest BCUT2D eigenvalue weighted by atomic mass is 9.98. The quantitative estimate of drug-likeness (QED) is 0.606. The Balaban J connectivity index is 1.47. The van der Waals surface area contributed by atoms with Crippen molar-refractivity contribution in [2.45, 2.75) is 44.3 Å². The lowest BCUT2D eigenvalue weighted by Gasteiger charge is -2.23. The molecular weight excluding hydrogens is 334 g/mol. The van der Waals surface area contributed by atoms with Crippen molar-refractivity contribution in [1.82, 2.24) is 15.5 Å². The van der Waals surface area contributed by atoms with Gasteiger partial charge in [0.2, 0.25) is 0 Å². The number of phenolic OH excluding ortho intramolecular Hbond substituents is 1. The van der Waals surface area contributed by atoms with Crippen molar-refractivity contribution in [2.75, 3.05) is 13.2 Å². The molecule has 1 saturated carbocycles. The normalized spacial score (nSPS) is 16.3. The number of ether oxygens (including phenoxy) is 1. The number of aromatic amines is 1.